The van der Waals surface area contributed by atoms with Gasteiger partial charge in [0.15, 0.2) is 0 Å². The van der Waals surface area contributed by atoms with Gasteiger partial charge in [0.2, 0.25) is 5.82 Å². The molecule has 0 spiro atoms. The van der Waals surface area contributed by atoms with E-state index in [0.717, 1.165) is 36.8 Å². The second kappa shape index (κ2) is 28.3. The SMILES string of the molecule is CCOC(=O)/C=C\N.CCOC(=O)c1nccc(=O)[nH]1.CCOC(=O)c1nccc(=O)o1.N/C=C\C(=O)O.N/C=C\C(=O)O. The fourth-order valence-electron chi connectivity index (χ4n) is 1.72. The van der Waals surface area contributed by atoms with E-state index < -0.39 is 35.5 Å². The van der Waals surface area contributed by atoms with Gasteiger partial charge in [0.05, 0.1) is 19.8 Å². The van der Waals surface area contributed by atoms with E-state index in [-0.39, 0.29) is 30.5 Å². The summed E-state index contributed by atoms with van der Waals surface area (Å²) in [6.07, 6.45) is 8.44. The molecule has 0 amide bonds. The molecule has 2 aromatic rings. The highest BCUT2D eigenvalue weighted by molar-refractivity contribution is 5.85. The normalized spacial score (nSPS) is 9.43. The van der Waals surface area contributed by atoms with E-state index in [9.17, 15) is 33.6 Å². The first kappa shape index (κ1) is 42.2. The molecule has 0 aliphatic carbocycles. The van der Waals surface area contributed by atoms with Gasteiger partial charge in [-0.1, -0.05) is 0 Å². The van der Waals surface area contributed by atoms with Crippen LogP contribution in [0.5, 0.6) is 0 Å². The molecule has 19 nitrogen and oxygen atoms in total. The van der Waals surface area contributed by atoms with Crippen molar-refractivity contribution in [2.75, 3.05) is 19.8 Å². The number of carboxylic acids is 2. The summed E-state index contributed by atoms with van der Waals surface area (Å²) in [6, 6.07) is 2.34. The maximum atomic E-state index is 10.9. The predicted octanol–water partition coefficient (Wildman–Crippen LogP) is -0.733. The van der Waals surface area contributed by atoms with E-state index in [0.29, 0.717) is 6.61 Å². The number of esters is 3. The highest BCUT2D eigenvalue weighted by Gasteiger charge is 2.10. The third-order valence-corrected chi connectivity index (χ3v) is 3.19. The number of aliphatic carboxylic acids is 2. The van der Waals surface area contributed by atoms with Gasteiger partial charge in [-0.25, -0.2) is 38.7 Å². The molecule has 0 aliphatic rings. The zero-order valence-corrected chi connectivity index (χ0v) is 23.9. The van der Waals surface area contributed by atoms with Crippen LogP contribution in [0.4, 0.5) is 0 Å². The monoisotopic (exact) mass is 626 g/mol. The van der Waals surface area contributed by atoms with Gasteiger partial charge in [0.1, 0.15) is 0 Å². The molecule has 0 radical (unpaired) electrons. The molecule has 0 bridgehead atoms. The summed E-state index contributed by atoms with van der Waals surface area (Å²) in [5, 5.41) is 15.5. The maximum absolute atomic E-state index is 10.9. The van der Waals surface area contributed by atoms with Crippen molar-refractivity contribution in [2.45, 2.75) is 20.8 Å². The largest absolute Gasteiger partial charge is 0.478 e. The first-order chi connectivity index (χ1) is 20.8. The molecule has 0 saturated heterocycles. The summed E-state index contributed by atoms with van der Waals surface area (Å²) in [4.78, 5) is 81.6. The van der Waals surface area contributed by atoms with E-state index in [1.54, 1.807) is 20.8 Å². The second-order valence-corrected chi connectivity index (χ2v) is 6.40. The highest BCUT2D eigenvalue weighted by Crippen LogP contribution is 1.92. The van der Waals surface area contributed by atoms with Gasteiger partial charge in [-0.05, 0) is 20.8 Å². The Morgan fingerprint density at radius 3 is 1.64 bits per heavy atom. The molecular weight excluding hydrogens is 592 g/mol. The molecule has 0 unspecified atom stereocenters. The number of rotatable bonds is 8. The molecule has 2 heterocycles. The van der Waals surface area contributed by atoms with Crippen LogP contribution in [-0.2, 0) is 28.6 Å². The fraction of sp³-hybridized carbons (Fsp3) is 0.240. The summed E-state index contributed by atoms with van der Waals surface area (Å²) in [7, 11) is 0. The molecule has 0 fully saturated rings. The number of aromatic amines is 1. The van der Waals surface area contributed by atoms with Crippen molar-refractivity contribution in [3.05, 3.63) is 93.8 Å². The number of H-pyrrole nitrogens is 1. The molecule has 2 aromatic heterocycles. The Hall–Kier alpha value is -6.27. The third kappa shape index (κ3) is 27.3. The number of carbonyl (C=O) groups is 5. The number of nitrogens with one attached hydrogen (secondary N) is 1. The Labute approximate surface area is 249 Å². The minimum Gasteiger partial charge on any atom is -0.478 e. The number of nitrogens with zero attached hydrogens (tertiary/aromatic N) is 2. The quantitative estimate of drug-likeness (QED) is 0.119. The van der Waals surface area contributed by atoms with Gasteiger partial charge in [-0.2, -0.15) is 0 Å². The van der Waals surface area contributed by atoms with Crippen molar-refractivity contribution in [3.63, 3.8) is 0 Å². The molecule has 2 rings (SSSR count). The molecule has 44 heavy (non-hydrogen) atoms. The van der Waals surface area contributed by atoms with Crippen LogP contribution in [0.3, 0.4) is 0 Å². The minimum atomic E-state index is -1.02. The van der Waals surface area contributed by atoms with Crippen LogP contribution < -0.4 is 28.4 Å². The highest BCUT2D eigenvalue weighted by atomic mass is 16.6. The molecule has 9 N–H and O–H groups in total. The van der Waals surface area contributed by atoms with Crippen molar-refractivity contribution < 1.29 is 52.8 Å². The first-order valence-corrected chi connectivity index (χ1v) is 12.0. The van der Waals surface area contributed by atoms with Crippen LogP contribution in [0.15, 0.2) is 75.4 Å². The summed E-state index contributed by atoms with van der Waals surface area (Å²) in [5.41, 5.74) is 13.2. The van der Waals surface area contributed by atoms with E-state index in [1.165, 1.54) is 24.5 Å². The van der Waals surface area contributed by atoms with Gasteiger partial charge in [-0.3, -0.25) is 4.79 Å². The zero-order chi connectivity index (χ0) is 34.3. The number of carbonyl (C=O) groups excluding carboxylic acids is 3. The van der Waals surface area contributed by atoms with Crippen molar-refractivity contribution in [2.24, 2.45) is 17.2 Å². The van der Waals surface area contributed by atoms with E-state index >= 15 is 0 Å². The molecule has 242 valence electrons. The van der Waals surface area contributed by atoms with Gasteiger partial charge >= 0.3 is 41.4 Å². The second-order valence-electron chi connectivity index (χ2n) is 6.40. The Morgan fingerprint density at radius 1 is 0.773 bits per heavy atom. The zero-order valence-electron chi connectivity index (χ0n) is 23.9. The average molecular weight is 627 g/mol. The van der Waals surface area contributed by atoms with Crippen molar-refractivity contribution >= 4 is 29.8 Å². The number of hydrogen-bond donors (Lipinski definition) is 6. The Balaban J connectivity index is -0.000000495. The van der Waals surface area contributed by atoms with E-state index in [4.69, 9.17) is 15.9 Å². The lowest BCUT2D eigenvalue weighted by molar-refractivity contribution is -0.137. The topological polar surface area (TPSA) is 320 Å². The van der Waals surface area contributed by atoms with Gasteiger partial charge < -0.3 is 51.0 Å². The minimum absolute atomic E-state index is 0.0654. The number of ether oxygens (including phenoxy) is 3. The predicted molar refractivity (Wildman–Crippen MR) is 151 cm³/mol. The summed E-state index contributed by atoms with van der Waals surface area (Å²) >= 11 is 0. The van der Waals surface area contributed by atoms with Crippen molar-refractivity contribution in [1.82, 2.24) is 15.0 Å². The van der Waals surface area contributed by atoms with Gasteiger partial charge in [-0.15, -0.1) is 0 Å². The molecule has 0 atom stereocenters. The fourth-order valence-corrected chi connectivity index (χ4v) is 1.72. The lowest BCUT2D eigenvalue weighted by Gasteiger charge is -1.98. The summed E-state index contributed by atoms with van der Waals surface area (Å²) in [5.74, 6) is -4.15. The van der Waals surface area contributed by atoms with Crippen molar-refractivity contribution in [1.29, 1.82) is 0 Å². The average Bonchev–Trinajstić information content (AvgIpc) is 2.95. The van der Waals surface area contributed by atoms with Crippen molar-refractivity contribution in [3.8, 4) is 0 Å². The molecular formula is C25H34N6O13. The molecule has 0 aromatic carbocycles. The smallest absolute Gasteiger partial charge is 0.394 e. The van der Waals surface area contributed by atoms with Crippen LogP contribution in [0.25, 0.3) is 0 Å². The maximum Gasteiger partial charge on any atom is 0.394 e. The number of carboxylic acid groups (broad SMARTS) is 2. The Bertz CT molecular complexity index is 1260. The van der Waals surface area contributed by atoms with E-state index in [1.807, 2.05) is 0 Å². The standard InChI is InChI=1S/C7H8N2O3.C7H7NO4.C5H9NO2.2C3H5NO2/c1-2-12-7(11)6-8-4-3-5(10)9-6;1-2-11-7(10)6-8-4-3-5(9)12-6;1-2-8-5(7)3-4-6;2*4-2-1-3(5)6/h3-4H,2H2,1H3,(H,8,9,10);3-4H,2H2,1H3;3-4H,2,6H2,1H3;2*1-2H,4H2,(H,5,6)/b;;4-3-;2*2-1-. The third-order valence-electron chi connectivity index (χ3n) is 3.19. The lowest BCUT2D eigenvalue weighted by Crippen LogP contribution is -2.15. The van der Waals surface area contributed by atoms with Crippen LogP contribution >= 0.6 is 0 Å². The van der Waals surface area contributed by atoms with Gasteiger partial charge in [0, 0.05) is 61.4 Å². The molecule has 0 aliphatic heterocycles. The van der Waals surface area contributed by atoms with Crippen LogP contribution in [-0.4, -0.2) is 74.8 Å². The number of hydrogen-bond acceptors (Lipinski definition) is 16. The Morgan fingerprint density at radius 2 is 1.25 bits per heavy atom. The van der Waals surface area contributed by atoms with Gasteiger partial charge in [0.25, 0.3) is 5.56 Å². The summed E-state index contributed by atoms with van der Waals surface area (Å²) < 4.78 is 18.1. The number of nitrogens with two attached hydrogens (primary N) is 3. The molecule has 19 heteroatoms. The van der Waals surface area contributed by atoms with Crippen LogP contribution in [0.1, 0.15) is 42.1 Å². The van der Waals surface area contributed by atoms with Crippen LogP contribution in [0.2, 0.25) is 0 Å². The first-order valence-electron chi connectivity index (χ1n) is 12.0. The van der Waals surface area contributed by atoms with E-state index in [2.05, 4.69) is 45.0 Å². The molecule has 0 saturated carbocycles. The van der Waals surface area contributed by atoms with Crippen LogP contribution in [0, 0.1) is 0 Å². The summed E-state index contributed by atoms with van der Waals surface area (Å²) in [6.45, 7) is 5.94. The lowest BCUT2D eigenvalue weighted by atomic mass is 10.5. The number of aromatic nitrogens is 3. The Kier molecular flexibility index (Phi) is 27.1.